The van der Waals surface area contributed by atoms with Gasteiger partial charge in [-0.25, -0.2) is 0 Å². The molecule has 0 amide bonds. The van der Waals surface area contributed by atoms with Gasteiger partial charge in [0.25, 0.3) is 0 Å². The van der Waals surface area contributed by atoms with Crippen molar-refractivity contribution in [2.24, 2.45) is 17.3 Å². The SMILES string of the molecule is CC(C)(C)C1CCC(Cl)C(Cc2ccc(Cl)c(Cl)c2)C1. The lowest BCUT2D eigenvalue weighted by atomic mass is 9.68. The van der Waals surface area contributed by atoms with Crippen LogP contribution in [0.15, 0.2) is 18.2 Å². The van der Waals surface area contributed by atoms with E-state index in [1.165, 1.54) is 18.4 Å². The third kappa shape index (κ3) is 4.06. The van der Waals surface area contributed by atoms with Gasteiger partial charge in [-0.05, 0) is 60.6 Å². The summed E-state index contributed by atoms with van der Waals surface area (Å²) in [4.78, 5) is 0. The fraction of sp³-hybridized carbons (Fsp3) is 0.647. The standard InChI is InChI=1S/C17H23Cl3/c1-17(2,3)13-5-7-14(18)12(10-13)8-11-4-6-15(19)16(20)9-11/h4,6,9,12-14H,5,7-8,10H2,1-3H3. The van der Waals surface area contributed by atoms with Crippen molar-refractivity contribution in [1.29, 1.82) is 0 Å². The van der Waals surface area contributed by atoms with Gasteiger partial charge in [0.05, 0.1) is 10.0 Å². The van der Waals surface area contributed by atoms with Crippen molar-refractivity contribution in [1.82, 2.24) is 0 Å². The molecule has 3 heteroatoms. The van der Waals surface area contributed by atoms with E-state index >= 15 is 0 Å². The first-order valence-corrected chi connectivity index (χ1v) is 8.54. The predicted molar refractivity (Wildman–Crippen MR) is 90.1 cm³/mol. The first-order chi connectivity index (χ1) is 9.27. The highest BCUT2D eigenvalue weighted by molar-refractivity contribution is 6.42. The molecule has 2 rings (SSSR count). The first kappa shape index (κ1) is 16.5. The fourth-order valence-electron chi connectivity index (χ4n) is 3.19. The summed E-state index contributed by atoms with van der Waals surface area (Å²) in [6.45, 7) is 7.01. The Hall–Kier alpha value is 0.0900. The van der Waals surface area contributed by atoms with Crippen molar-refractivity contribution in [2.45, 2.75) is 51.8 Å². The van der Waals surface area contributed by atoms with Gasteiger partial charge in [0.2, 0.25) is 0 Å². The van der Waals surface area contributed by atoms with Gasteiger partial charge in [-0.15, -0.1) is 11.6 Å². The van der Waals surface area contributed by atoms with E-state index in [1.54, 1.807) is 0 Å². The van der Waals surface area contributed by atoms with E-state index in [-0.39, 0.29) is 5.38 Å². The van der Waals surface area contributed by atoms with Gasteiger partial charge in [0, 0.05) is 5.38 Å². The normalized spacial score (nSPS) is 27.6. The largest absolute Gasteiger partial charge is 0.123 e. The molecule has 0 aliphatic heterocycles. The molecule has 0 N–H and O–H groups in total. The number of rotatable bonds is 2. The first-order valence-electron chi connectivity index (χ1n) is 7.35. The summed E-state index contributed by atoms with van der Waals surface area (Å²) in [5, 5.41) is 1.54. The second kappa shape index (κ2) is 6.46. The van der Waals surface area contributed by atoms with Crippen LogP contribution in [0.2, 0.25) is 10.0 Å². The number of hydrogen-bond donors (Lipinski definition) is 0. The fourth-order valence-corrected chi connectivity index (χ4v) is 3.83. The topological polar surface area (TPSA) is 0 Å². The molecule has 0 nitrogen and oxygen atoms in total. The van der Waals surface area contributed by atoms with Crippen molar-refractivity contribution in [3.05, 3.63) is 33.8 Å². The molecule has 3 unspecified atom stereocenters. The van der Waals surface area contributed by atoms with Crippen LogP contribution in [0.3, 0.4) is 0 Å². The van der Waals surface area contributed by atoms with E-state index in [4.69, 9.17) is 34.8 Å². The van der Waals surface area contributed by atoms with Gasteiger partial charge in [0.15, 0.2) is 0 Å². The van der Waals surface area contributed by atoms with Gasteiger partial charge in [-0.1, -0.05) is 50.0 Å². The number of benzene rings is 1. The maximum Gasteiger partial charge on any atom is 0.0595 e. The number of hydrogen-bond acceptors (Lipinski definition) is 0. The van der Waals surface area contributed by atoms with Crippen LogP contribution in [-0.2, 0) is 6.42 Å². The number of halogens is 3. The van der Waals surface area contributed by atoms with Crippen LogP contribution in [0.4, 0.5) is 0 Å². The van der Waals surface area contributed by atoms with Gasteiger partial charge < -0.3 is 0 Å². The molecule has 1 aliphatic carbocycles. The van der Waals surface area contributed by atoms with Crippen molar-refractivity contribution in [3.63, 3.8) is 0 Å². The Labute approximate surface area is 137 Å². The summed E-state index contributed by atoms with van der Waals surface area (Å²) in [5.74, 6) is 1.29. The number of alkyl halides is 1. The molecule has 1 fully saturated rings. The van der Waals surface area contributed by atoms with Crippen LogP contribution in [0, 0.1) is 17.3 Å². The van der Waals surface area contributed by atoms with Crippen LogP contribution in [0.25, 0.3) is 0 Å². The Bertz CT molecular complexity index is 462. The highest BCUT2D eigenvalue weighted by Crippen LogP contribution is 2.43. The molecule has 0 bridgehead atoms. The minimum Gasteiger partial charge on any atom is -0.123 e. The molecule has 0 aromatic heterocycles. The quantitative estimate of drug-likeness (QED) is 0.534. The maximum atomic E-state index is 6.56. The summed E-state index contributed by atoms with van der Waals surface area (Å²) in [6, 6.07) is 5.93. The molecule has 0 saturated heterocycles. The molecule has 112 valence electrons. The third-order valence-corrected chi connectivity index (χ3v) is 5.91. The zero-order chi connectivity index (χ0) is 14.9. The smallest absolute Gasteiger partial charge is 0.0595 e. The molecule has 0 spiro atoms. The Kier molecular flexibility index (Phi) is 5.32. The lowest BCUT2D eigenvalue weighted by Gasteiger charge is -2.40. The molecule has 0 radical (unpaired) electrons. The average molecular weight is 334 g/mol. The van der Waals surface area contributed by atoms with Gasteiger partial charge in [0.1, 0.15) is 0 Å². The summed E-state index contributed by atoms with van der Waals surface area (Å²) in [5.41, 5.74) is 1.61. The third-order valence-electron chi connectivity index (χ3n) is 4.60. The second-order valence-electron chi connectivity index (χ2n) is 7.10. The Morgan fingerprint density at radius 2 is 1.80 bits per heavy atom. The predicted octanol–water partition coefficient (Wildman–Crippen LogP) is 6.61. The van der Waals surface area contributed by atoms with E-state index in [2.05, 4.69) is 26.8 Å². The molecule has 1 aromatic rings. The zero-order valence-electron chi connectivity index (χ0n) is 12.4. The van der Waals surface area contributed by atoms with Crippen LogP contribution >= 0.6 is 34.8 Å². The highest BCUT2D eigenvalue weighted by atomic mass is 35.5. The average Bonchev–Trinajstić information content (AvgIpc) is 2.35. The van der Waals surface area contributed by atoms with Gasteiger partial charge in [-0.2, -0.15) is 0 Å². The van der Waals surface area contributed by atoms with Gasteiger partial charge in [-0.3, -0.25) is 0 Å². The Balaban J connectivity index is 2.08. The van der Waals surface area contributed by atoms with E-state index in [0.717, 1.165) is 18.8 Å². The molecule has 1 aromatic carbocycles. The molecule has 1 saturated carbocycles. The minimum atomic E-state index is 0.281. The molecule has 3 atom stereocenters. The van der Waals surface area contributed by atoms with Crippen molar-refractivity contribution in [3.8, 4) is 0 Å². The lowest BCUT2D eigenvalue weighted by molar-refractivity contribution is 0.144. The van der Waals surface area contributed by atoms with E-state index in [9.17, 15) is 0 Å². The molecule has 20 heavy (non-hydrogen) atoms. The summed E-state index contributed by atoms with van der Waals surface area (Å²) < 4.78 is 0. The lowest BCUT2D eigenvalue weighted by Crippen LogP contribution is -2.33. The van der Waals surface area contributed by atoms with Crippen LogP contribution < -0.4 is 0 Å². The van der Waals surface area contributed by atoms with Crippen LogP contribution in [-0.4, -0.2) is 5.38 Å². The van der Waals surface area contributed by atoms with Gasteiger partial charge >= 0.3 is 0 Å². The minimum absolute atomic E-state index is 0.281. The van der Waals surface area contributed by atoms with E-state index in [1.807, 2.05) is 12.1 Å². The van der Waals surface area contributed by atoms with Crippen molar-refractivity contribution >= 4 is 34.8 Å². The Morgan fingerprint density at radius 1 is 1.10 bits per heavy atom. The van der Waals surface area contributed by atoms with Crippen molar-refractivity contribution < 1.29 is 0 Å². The summed E-state index contributed by atoms with van der Waals surface area (Å²) in [7, 11) is 0. The molecular weight excluding hydrogens is 311 g/mol. The monoisotopic (exact) mass is 332 g/mol. The van der Waals surface area contributed by atoms with Crippen LogP contribution in [0.5, 0.6) is 0 Å². The van der Waals surface area contributed by atoms with E-state index in [0.29, 0.717) is 21.4 Å². The van der Waals surface area contributed by atoms with Crippen molar-refractivity contribution in [2.75, 3.05) is 0 Å². The summed E-state index contributed by atoms with van der Waals surface area (Å²) in [6.07, 6.45) is 4.57. The van der Waals surface area contributed by atoms with E-state index < -0.39 is 0 Å². The molecule has 1 aliphatic rings. The highest BCUT2D eigenvalue weighted by Gasteiger charge is 2.35. The second-order valence-corrected chi connectivity index (χ2v) is 8.48. The zero-order valence-corrected chi connectivity index (χ0v) is 14.7. The molecule has 0 heterocycles. The van der Waals surface area contributed by atoms with Crippen LogP contribution in [0.1, 0.15) is 45.6 Å². The maximum absolute atomic E-state index is 6.56. The Morgan fingerprint density at radius 3 is 2.40 bits per heavy atom. The summed E-state index contributed by atoms with van der Waals surface area (Å²) >= 11 is 18.6. The molecular formula is C17H23Cl3.